The van der Waals surface area contributed by atoms with Gasteiger partial charge in [-0.25, -0.2) is 14.2 Å². The molecule has 3 rings (SSSR count). The number of aryl methyl sites for hydroxylation is 1. The largest absolute Gasteiger partial charge is 0.477 e. The number of nitrogens with zero attached hydrogens (tertiary/aromatic N) is 2. The van der Waals surface area contributed by atoms with Gasteiger partial charge < -0.3 is 10.0 Å². The summed E-state index contributed by atoms with van der Waals surface area (Å²) in [4.78, 5) is 17.5. The summed E-state index contributed by atoms with van der Waals surface area (Å²) in [5, 5.41) is 9.36. The van der Waals surface area contributed by atoms with E-state index >= 15 is 0 Å². The van der Waals surface area contributed by atoms with Crippen LogP contribution in [0.2, 0.25) is 0 Å². The van der Waals surface area contributed by atoms with Crippen molar-refractivity contribution in [2.75, 3.05) is 7.05 Å². The summed E-state index contributed by atoms with van der Waals surface area (Å²) >= 11 is 0. The number of hydrogen-bond acceptors (Lipinski definition) is 3. The minimum Gasteiger partial charge on any atom is -0.477 e. The average molecular weight is 370 g/mol. The summed E-state index contributed by atoms with van der Waals surface area (Å²) in [6, 6.07) is 5.13. The number of carboxylic acid groups (broad SMARTS) is 1. The lowest BCUT2D eigenvalue weighted by atomic mass is 9.81. The van der Waals surface area contributed by atoms with Gasteiger partial charge in [-0.2, -0.15) is 0 Å². The quantitative estimate of drug-likeness (QED) is 0.795. The maximum Gasteiger partial charge on any atom is 0.354 e. The highest BCUT2D eigenvalue weighted by Gasteiger charge is 2.30. The molecule has 0 aromatic heterocycles. The highest BCUT2D eigenvalue weighted by atomic mass is 19.1. The van der Waals surface area contributed by atoms with Crippen molar-refractivity contribution in [2.24, 2.45) is 10.9 Å². The second-order valence-electron chi connectivity index (χ2n) is 6.52. The molecule has 1 fully saturated rings. The van der Waals surface area contributed by atoms with Crippen LogP contribution >= 0.6 is 0 Å². The molecule has 0 amide bonds. The minimum atomic E-state index is -1.07. The van der Waals surface area contributed by atoms with Crippen molar-refractivity contribution in [1.29, 1.82) is 0 Å². The van der Waals surface area contributed by atoms with Gasteiger partial charge in [0.15, 0.2) is 5.71 Å². The Bertz CT molecular complexity index is 833. The van der Waals surface area contributed by atoms with Crippen molar-refractivity contribution in [3.05, 3.63) is 65.4 Å². The lowest BCUT2D eigenvalue weighted by Gasteiger charge is -2.36. The van der Waals surface area contributed by atoms with Crippen molar-refractivity contribution in [3.63, 3.8) is 0 Å². The zero-order valence-corrected chi connectivity index (χ0v) is 16.4. The first-order valence-electron chi connectivity index (χ1n) is 9.32. The van der Waals surface area contributed by atoms with Crippen LogP contribution in [0.15, 0.2) is 53.4 Å². The van der Waals surface area contributed by atoms with E-state index in [9.17, 15) is 14.3 Å². The van der Waals surface area contributed by atoms with Gasteiger partial charge in [0.2, 0.25) is 0 Å². The van der Waals surface area contributed by atoms with Gasteiger partial charge in [0, 0.05) is 18.3 Å². The first kappa shape index (κ1) is 20.6. The number of allylic oxidation sites excluding steroid dienone is 3. The number of halogens is 1. The first-order valence-corrected chi connectivity index (χ1v) is 9.32. The molecule has 0 radical (unpaired) electrons. The third kappa shape index (κ3) is 4.35. The number of hydrogen-bond donors (Lipinski definition) is 1. The Balaban J connectivity index is 0.00000126. The van der Waals surface area contributed by atoms with E-state index in [-0.39, 0.29) is 11.5 Å². The monoisotopic (exact) mass is 370 g/mol. The summed E-state index contributed by atoms with van der Waals surface area (Å²) in [5.74, 6) is -0.571. The first-order chi connectivity index (χ1) is 12.9. The summed E-state index contributed by atoms with van der Waals surface area (Å²) < 4.78 is 14.3. The fourth-order valence-electron chi connectivity index (χ4n) is 3.06. The fraction of sp³-hybridized carbons (Fsp3) is 0.364. The standard InChI is InChI=1S/C20H21FN2O2.C2H6/c1-12-6-4-9-15(19(12)21)13(2)10-18-22-16(20(24)25)11-17(23(18)3)14-7-5-8-14;1-2/h4,6,9-11,14H,2,5,7-8H2,1,3H3,(H,24,25);1-2H3/b18-10-;. The van der Waals surface area contributed by atoms with Crippen LogP contribution in [0.5, 0.6) is 0 Å². The Hall–Kier alpha value is -2.69. The van der Waals surface area contributed by atoms with Gasteiger partial charge in [-0.1, -0.05) is 45.0 Å². The number of carbonyl (C=O) groups is 1. The predicted octanol–water partition coefficient (Wildman–Crippen LogP) is 5.17. The van der Waals surface area contributed by atoms with Crippen LogP contribution in [0.3, 0.4) is 0 Å². The summed E-state index contributed by atoms with van der Waals surface area (Å²) in [6.45, 7) is 9.65. The molecule has 1 aliphatic carbocycles. The lowest BCUT2D eigenvalue weighted by Crippen LogP contribution is -2.31. The molecule has 1 aromatic rings. The molecule has 0 spiro atoms. The van der Waals surface area contributed by atoms with E-state index in [4.69, 9.17) is 0 Å². The van der Waals surface area contributed by atoms with Crippen LogP contribution in [0.1, 0.15) is 44.2 Å². The third-order valence-corrected chi connectivity index (χ3v) is 4.83. The van der Waals surface area contributed by atoms with Gasteiger partial charge in [-0.15, -0.1) is 0 Å². The van der Waals surface area contributed by atoms with Crippen LogP contribution in [0.25, 0.3) is 5.57 Å². The summed E-state index contributed by atoms with van der Waals surface area (Å²) in [5.41, 5.74) is 2.35. The molecular weight excluding hydrogens is 343 g/mol. The van der Waals surface area contributed by atoms with Crippen molar-refractivity contribution >= 4 is 17.3 Å². The summed E-state index contributed by atoms with van der Waals surface area (Å²) in [6.07, 6.45) is 6.52. The molecule has 5 heteroatoms. The molecule has 1 N–H and O–H groups in total. The average Bonchev–Trinajstić information content (AvgIpc) is 2.60. The van der Waals surface area contributed by atoms with Crippen LogP contribution in [-0.2, 0) is 4.79 Å². The Morgan fingerprint density at radius 1 is 1.37 bits per heavy atom. The van der Waals surface area contributed by atoms with E-state index in [2.05, 4.69) is 11.6 Å². The SMILES string of the molecule is C=C(/C=C1/N=C(C(=O)O)C=C(C2CCC2)N1C)c1cccc(C)c1F.CC. The van der Waals surface area contributed by atoms with Crippen molar-refractivity contribution in [3.8, 4) is 0 Å². The molecule has 0 unspecified atom stereocenters. The van der Waals surface area contributed by atoms with Gasteiger partial charge in [-0.05, 0) is 49.0 Å². The Kier molecular flexibility index (Phi) is 6.72. The number of carboxylic acids is 1. The maximum absolute atomic E-state index is 14.3. The normalized spacial score (nSPS) is 18.1. The smallest absolute Gasteiger partial charge is 0.354 e. The van der Waals surface area contributed by atoms with Gasteiger partial charge in [0.1, 0.15) is 11.6 Å². The molecule has 1 heterocycles. The number of aliphatic carboxylic acids is 1. The van der Waals surface area contributed by atoms with Gasteiger partial charge in [-0.3, -0.25) is 0 Å². The Morgan fingerprint density at radius 3 is 2.59 bits per heavy atom. The van der Waals surface area contributed by atoms with E-state index in [0.717, 1.165) is 25.0 Å². The molecule has 0 saturated heterocycles. The topological polar surface area (TPSA) is 52.9 Å². The predicted molar refractivity (Wildman–Crippen MR) is 108 cm³/mol. The van der Waals surface area contributed by atoms with Crippen LogP contribution in [-0.4, -0.2) is 28.7 Å². The van der Waals surface area contributed by atoms with Gasteiger partial charge >= 0.3 is 5.97 Å². The molecule has 1 saturated carbocycles. The highest BCUT2D eigenvalue weighted by molar-refractivity contribution is 6.41. The maximum atomic E-state index is 14.3. The lowest BCUT2D eigenvalue weighted by molar-refractivity contribution is -0.129. The molecule has 0 atom stereocenters. The van der Waals surface area contributed by atoms with E-state index < -0.39 is 5.97 Å². The van der Waals surface area contributed by atoms with Gasteiger partial charge in [0.25, 0.3) is 0 Å². The molecule has 2 aliphatic rings. The van der Waals surface area contributed by atoms with Crippen LogP contribution in [0.4, 0.5) is 4.39 Å². The zero-order chi connectivity index (χ0) is 20.1. The molecule has 1 aliphatic heterocycles. The van der Waals surface area contributed by atoms with E-state index in [1.807, 2.05) is 25.8 Å². The van der Waals surface area contributed by atoms with E-state index in [1.54, 1.807) is 37.3 Å². The zero-order valence-electron chi connectivity index (χ0n) is 16.4. The number of rotatable bonds is 4. The van der Waals surface area contributed by atoms with Crippen LogP contribution in [0, 0.1) is 18.7 Å². The number of benzene rings is 1. The van der Waals surface area contributed by atoms with E-state index in [1.165, 1.54) is 0 Å². The Labute approximate surface area is 160 Å². The van der Waals surface area contributed by atoms with E-state index in [0.29, 0.717) is 28.4 Å². The van der Waals surface area contributed by atoms with Crippen molar-refractivity contribution < 1.29 is 14.3 Å². The second-order valence-corrected chi connectivity index (χ2v) is 6.52. The second kappa shape index (κ2) is 8.80. The Morgan fingerprint density at radius 2 is 2.04 bits per heavy atom. The number of aliphatic imine (C=N–C) groups is 1. The molecule has 4 nitrogen and oxygen atoms in total. The van der Waals surface area contributed by atoms with Crippen molar-refractivity contribution in [1.82, 2.24) is 4.90 Å². The van der Waals surface area contributed by atoms with Crippen LogP contribution < -0.4 is 0 Å². The molecule has 1 aromatic carbocycles. The van der Waals surface area contributed by atoms with Gasteiger partial charge in [0.05, 0.1) is 0 Å². The molecule has 0 bridgehead atoms. The molecular formula is C22H27FN2O2. The molecule has 27 heavy (non-hydrogen) atoms. The highest BCUT2D eigenvalue weighted by Crippen LogP contribution is 2.37. The summed E-state index contributed by atoms with van der Waals surface area (Å²) in [7, 11) is 1.86. The fourth-order valence-corrected chi connectivity index (χ4v) is 3.06. The minimum absolute atomic E-state index is 0.00349. The molecule has 144 valence electrons. The van der Waals surface area contributed by atoms with Crippen molar-refractivity contribution in [2.45, 2.75) is 40.0 Å². The third-order valence-electron chi connectivity index (χ3n) is 4.83.